The first-order valence-corrected chi connectivity index (χ1v) is 8.78. The Balaban J connectivity index is 1.41. The highest BCUT2D eigenvalue weighted by Crippen LogP contribution is 2.32. The van der Waals surface area contributed by atoms with Gasteiger partial charge in [0.2, 0.25) is 17.7 Å². The van der Waals surface area contributed by atoms with Crippen LogP contribution in [-0.4, -0.2) is 44.9 Å². The summed E-state index contributed by atoms with van der Waals surface area (Å²) in [5, 5.41) is 14.6. The van der Waals surface area contributed by atoms with Gasteiger partial charge in [0, 0.05) is 32.4 Å². The van der Waals surface area contributed by atoms with Gasteiger partial charge in [0.25, 0.3) is 0 Å². The van der Waals surface area contributed by atoms with Gasteiger partial charge < -0.3 is 19.2 Å². The summed E-state index contributed by atoms with van der Waals surface area (Å²) in [4.78, 5) is 18.0. The Kier molecular flexibility index (Phi) is 5.62. The number of carbonyl (C=O) groups excluding carboxylic acids is 1. The maximum Gasteiger partial charge on any atom is 0.317 e. The smallest absolute Gasteiger partial charge is 0.317 e. The van der Waals surface area contributed by atoms with Crippen molar-refractivity contribution in [1.82, 2.24) is 30.6 Å². The van der Waals surface area contributed by atoms with Crippen LogP contribution in [0.1, 0.15) is 62.0 Å². The monoisotopic (exact) mass is 348 g/mol. The van der Waals surface area contributed by atoms with Gasteiger partial charge in [-0.05, 0) is 12.8 Å². The lowest BCUT2D eigenvalue weighted by Gasteiger charge is -2.15. The second kappa shape index (κ2) is 8.09. The van der Waals surface area contributed by atoms with E-state index in [0.29, 0.717) is 42.9 Å². The topological polar surface area (TPSA) is 110 Å². The van der Waals surface area contributed by atoms with Crippen LogP contribution in [0.25, 0.3) is 0 Å². The fourth-order valence-corrected chi connectivity index (χ4v) is 2.89. The number of amides is 2. The molecule has 1 fully saturated rings. The summed E-state index contributed by atoms with van der Waals surface area (Å²) in [6.07, 6.45) is 5.92. The number of rotatable bonds is 7. The Morgan fingerprint density at radius 3 is 2.76 bits per heavy atom. The van der Waals surface area contributed by atoms with Crippen molar-refractivity contribution in [3.05, 3.63) is 23.5 Å². The first-order valence-electron chi connectivity index (χ1n) is 8.78. The molecule has 9 heteroatoms. The van der Waals surface area contributed by atoms with E-state index in [0.717, 1.165) is 18.7 Å². The Bertz CT molecular complexity index is 692. The Morgan fingerprint density at radius 1 is 1.28 bits per heavy atom. The van der Waals surface area contributed by atoms with Gasteiger partial charge in [-0.2, -0.15) is 4.98 Å². The van der Waals surface area contributed by atoms with Crippen LogP contribution >= 0.6 is 0 Å². The zero-order valence-corrected chi connectivity index (χ0v) is 14.7. The second-order valence-corrected chi connectivity index (χ2v) is 6.31. The van der Waals surface area contributed by atoms with Gasteiger partial charge in [0.05, 0.1) is 0 Å². The molecule has 1 aliphatic carbocycles. The molecule has 1 aliphatic rings. The molecule has 2 heterocycles. The van der Waals surface area contributed by atoms with E-state index >= 15 is 0 Å². The maximum atomic E-state index is 12.1. The first kappa shape index (κ1) is 17.4. The van der Waals surface area contributed by atoms with Crippen molar-refractivity contribution < 1.29 is 13.7 Å². The summed E-state index contributed by atoms with van der Waals surface area (Å²) in [7, 11) is 1.68. The molecule has 2 amide bonds. The summed E-state index contributed by atoms with van der Waals surface area (Å²) in [5.74, 6) is 2.77. The molecular formula is C16H24N6O3. The quantitative estimate of drug-likeness (QED) is 0.815. The molecule has 0 aromatic carbocycles. The number of carbonyl (C=O) groups is 1. The van der Waals surface area contributed by atoms with Gasteiger partial charge in [0.15, 0.2) is 5.82 Å². The number of aromatic nitrogens is 4. The van der Waals surface area contributed by atoms with Gasteiger partial charge in [-0.1, -0.05) is 24.9 Å². The van der Waals surface area contributed by atoms with Crippen molar-refractivity contribution >= 4 is 6.03 Å². The van der Waals surface area contributed by atoms with Gasteiger partial charge in [-0.25, -0.2) is 4.79 Å². The summed E-state index contributed by atoms with van der Waals surface area (Å²) >= 11 is 0. The fourth-order valence-electron chi connectivity index (χ4n) is 2.89. The van der Waals surface area contributed by atoms with Crippen molar-refractivity contribution in [2.45, 2.75) is 57.9 Å². The minimum atomic E-state index is -0.212. The van der Waals surface area contributed by atoms with E-state index in [1.807, 2.05) is 6.92 Å². The highest BCUT2D eigenvalue weighted by molar-refractivity contribution is 5.73. The molecule has 136 valence electrons. The standard InChI is InChI=1S/C16H24N6O3/c1-3-13-19-20-14(24-13)10-22(2)16(23)17-9-8-12-18-15(25-21-12)11-6-4-5-7-11/h11H,3-10H2,1-2H3,(H,17,23). The van der Waals surface area contributed by atoms with Gasteiger partial charge in [-0.3, -0.25) is 0 Å². The second-order valence-electron chi connectivity index (χ2n) is 6.31. The fraction of sp³-hybridized carbons (Fsp3) is 0.688. The summed E-state index contributed by atoms with van der Waals surface area (Å²) in [5.41, 5.74) is 0. The molecule has 2 aromatic rings. The molecule has 0 saturated heterocycles. The normalized spacial score (nSPS) is 14.8. The average molecular weight is 348 g/mol. The van der Waals surface area contributed by atoms with Crippen LogP contribution in [0.5, 0.6) is 0 Å². The van der Waals surface area contributed by atoms with Gasteiger partial charge >= 0.3 is 6.03 Å². The van der Waals surface area contributed by atoms with Gasteiger partial charge in [-0.15, -0.1) is 10.2 Å². The van der Waals surface area contributed by atoms with E-state index in [1.165, 1.54) is 17.7 Å². The largest absolute Gasteiger partial charge is 0.423 e. The number of nitrogens with zero attached hydrogens (tertiary/aromatic N) is 5. The van der Waals surface area contributed by atoms with Crippen molar-refractivity contribution in [2.24, 2.45) is 0 Å². The lowest BCUT2D eigenvalue weighted by Crippen LogP contribution is -2.37. The third-order valence-corrected chi connectivity index (χ3v) is 4.34. The zero-order valence-electron chi connectivity index (χ0n) is 14.7. The lowest BCUT2D eigenvalue weighted by molar-refractivity contribution is 0.201. The molecule has 0 radical (unpaired) electrons. The predicted octanol–water partition coefficient (Wildman–Crippen LogP) is 2.06. The van der Waals surface area contributed by atoms with Crippen molar-refractivity contribution in [1.29, 1.82) is 0 Å². The summed E-state index contributed by atoms with van der Waals surface area (Å²) < 4.78 is 10.7. The molecular weight excluding hydrogens is 324 g/mol. The summed E-state index contributed by atoms with van der Waals surface area (Å²) in [6.45, 7) is 2.65. The zero-order chi connectivity index (χ0) is 17.6. The number of hydrogen-bond donors (Lipinski definition) is 1. The van der Waals surface area contributed by atoms with E-state index in [-0.39, 0.29) is 12.6 Å². The van der Waals surface area contributed by atoms with Crippen molar-refractivity contribution in [3.8, 4) is 0 Å². The van der Waals surface area contributed by atoms with E-state index < -0.39 is 0 Å². The summed E-state index contributed by atoms with van der Waals surface area (Å²) in [6, 6.07) is -0.212. The Labute approximate surface area is 146 Å². The highest BCUT2D eigenvalue weighted by Gasteiger charge is 2.23. The van der Waals surface area contributed by atoms with E-state index in [9.17, 15) is 4.79 Å². The van der Waals surface area contributed by atoms with Crippen LogP contribution in [0.4, 0.5) is 4.79 Å². The molecule has 25 heavy (non-hydrogen) atoms. The molecule has 0 spiro atoms. The third kappa shape index (κ3) is 4.55. The highest BCUT2D eigenvalue weighted by atomic mass is 16.5. The minimum Gasteiger partial charge on any atom is -0.423 e. The van der Waals surface area contributed by atoms with E-state index in [2.05, 4.69) is 25.7 Å². The lowest BCUT2D eigenvalue weighted by atomic mass is 10.1. The van der Waals surface area contributed by atoms with Crippen LogP contribution < -0.4 is 5.32 Å². The minimum absolute atomic E-state index is 0.212. The van der Waals surface area contributed by atoms with Crippen molar-refractivity contribution in [3.63, 3.8) is 0 Å². The number of hydrogen-bond acceptors (Lipinski definition) is 7. The first-order chi connectivity index (χ1) is 12.2. The van der Waals surface area contributed by atoms with Crippen LogP contribution in [-0.2, 0) is 19.4 Å². The molecule has 2 aromatic heterocycles. The maximum absolute atomic E-state index is 12.1. The molecule has 1 saturated carbocycles. The molecule has 0 aliphatic heterocycles. The van der Waals surface area contributed by atoms with E-state index in [4.69, 9.17) is 8.94 Å². The molecule has 0 bridgehead atoms. The number of nitrogens with one attached hydrogen (secondary N) is 1. The van der Waals surface area contributed by atoms with Crippen LogP contribution in [0.15, 0.2) is 8.94 Å². The van der Waals surface area contributed by atoms with Crippen LogP contribution in [0.2, 0.25) is 0 Å². The van der Waals surface area contributed by atoms with E-state index in [1.54, 1.807) is 7.05 Å². The molecule has 0 unspecified atom stereocenters. The predicted molar refractivity (Wildman–Crippen MR) is 87.8 cm³/mol. The third-order valence-electron chi connectivity index (χ3n) is 4.34. The van der Waals surface area contributed by atoms with Gasteiger partial charge in [0.1, 0.15) is 6.54 Å². The molecule has 9 nitrogen and oxygen atoms in total. The Morgan fingerprint density at radius 2 is 2.04 bits per heavy atom. The number of urea groups is 1. The SMILES string of the molecule is CCc1nnc(CN(C)C(=O)NCCc2noc(C3CCCC3)n2)o1. The van der Waals surface area contributed by atoms with Crippen LogP contribution in [0, 0.1) is 0 Å². The van der Waals surface area contributed by atoms with Crippen molar-refractivity contribution in [2.75, 3.05) is 13.6 Å². The van der Waals surface area contributed by atoms with Crippen LogP contribution in [0.3, 0.4) is 0 Å². The average Bonchev–Trinajstić information content (AvgIpc) is 3.35. The molecule has 1 N–H and O–H groups in total. The molecule has 0 atom stereocenters. The molecule has 3 rings (SSSR count). The Hall–Kier alpha value is -2.45. The number of aryl methyl sites for hydroxylation is 1.